The number of aliphatic hydroxyl groups is 3. The van der Waals surface area contributed by atoms with Crippen LogP contribution < -0.4 is 0 Å². The van der Waals surface area contributed by atoms with E-state index >= 15 is 0 Å². The first-order valence-corrected chi connectivity index (χ1v) is 9.72. The SMILES string of the molecule is C=C1[C@@H]2C[C@H](O)[C@@H]3[C@](C2)(C(=O)O[C@H]2CCC(C)(C)[C@H]4[C@H](O)OC[C@@]243)[C@@H]1O. The van der Waals surface area contributed by atoms with Crippen LogP contribution in [0.5, 0.6) is 0 Å². The maximum absolute atomic E-state index is 13.2. The Kier molecular flexibility index (Phi) is 3.24. The summed E-state index contributed by atoms with van der Waals surface area (Å²) >= 11 is 0. The summed E-state index contributed by atoms with van der Waals surface area (Å²) in [4.78, 5) is 13.2. The molecule has 26 heavy (non-hydrogen) atoms. The molecular formula is C20H28O6. The molecule has 0 radical (unpaired) electrons. The summed E-state index contributed by atoms with van der Waals surface area (Å²) in [6.45, 7) is 8.48. The first kappa shape index (κ1) is 17.2. The molecule has 6 heteroatoms. The molecule has 2 bridgehead atoms. The van der Waals surface area contributed by atoms with E-state index in [-0.39, 0.29) is 23.9 Å². The first-order valence-electron chi connectivity index (χ1n) is 9.72. The van der Waals surface area contributed by atoms with E-state index in [9.17, 15) is 20.1 Å². The van der Waals surface area contributed by atoms with Gasteiger partial charge in [-0.1, -0.05) is 20.4 Å². The lowest BCUT2D eigenvalue weighted by Gasteiger charge is -2.63. The molecule has 0 aromatic carbocycles. The Morgan fingerprint density at radius 1 is 1.19 bits per heavy atom. The minimum absolute atomic E-state index is 0.0703. The number of hydrogen-bond acceptors (Lipinski definition) is 6. The van der Waals surface area contributed by atoms with Gasteiger partial charge in [-0.25, -0.2) is 0 Å². The summed E-state index contributed by atoms with van der Waals surface area (Å²) in [7, 11) is 0. The minimum Gasteiger partial charge on any atom is -0.461 e. The number of aliphatic hydroxyl groups excluding tert-OH is 3. The Balaban J connectivity index is 1.73. The van der Waals surface area contributed by atoms with Crippen LogP contribution in [0.3, 0.4) is 0 Å². The van der Waals surface area contributed by atoms with Crippen molar-refractivity contribution >= 4 is 5.97 Å². The van der Waals surface area contributed by atoms with Gasteiger partial charge in [-0.3, -0.25) is 4.79 Å². The number of carbonyl (C=O) groups excluding carboxylic acids is 1. The van der Waals surface area contributed by atoms with Crippen LogP contribution in [0.25, 0.3) is 0 Å². The monoisotopic (exact) mass is 364 g/mol. The zero-order chi connectivity index (χ0) is 18.6. The zero-order valence-corrected chi connectivity index (χ0v) is 15.4. The molecule has 2 aliphatic heterocycles. The van der Waals surface area contributed by atoms with Gasteiger partial charge >= 0.3 is 5.97 Å². The molecule has 0 unspecified atom stereocenters. The van der Waals surface area contributed by atoms with Crippen molar-refractivity contribution in [3.63, 3.8) is 0 Å². The second-order valence-corrected chi connectivity index (χ2v) is 9.91. The summed E-state index contributed by atoms with van der Waals surface area (Å²) < 4.78 is 11.7. The fourth-order valence-electron chi connectivity index (χ4n) is 7.57. The Bertz CT molecular complexity index is 688. The predicted molar refractivity (Wildman–Crippen MR) is 90.6 cm³/mol. The molecule has 5 rings (SSSR count). The Hall–Kier alpha value is -0.950. The molecule has 144 valence electrons. The molecule has 2 saturated heterocycles. The molecule has 2 heterocycles. The van der Waals surface area contributed by atoms with Gasteiger partial charge in [0.05, 0.1) is 18.8 Å². The lowest BCUT2D eigenvalue weighted by atomic mass is 9.43. The van der Waals surface area contributed by atoms with Crippen molar-refractivity contribution in [1.29, 1.82) is 0 Å². The maximum atomic E-state index is 13.2. The van der Waals surface area contributed by atoms with Crippen molar-refractivity contribution in [3.05, 3.63) is 12.2 Å². The van der Waals surface area contributed by atoms with Crippen molar-refractivity contribution in [2.75, 3.05) is 6.61 Å². The number of rotatable bonds is 0. The topological polar surface area (TPSA) is 96.2 Å². The molecule has 0 aromatic heterocycles. The van der Waals surface area contributed by atoms with E-state index in [1.54, 1.807) is 0 Å². The van der Waals surface area contributed by atoms with Crippen molar-refractivity contribution in [3.8, 4) is 0 Å². The summed E-state index contributed by atoms with van der Waals surface area (Å²) in [5, 5.41) is 32.9. The second kappa shape index (κ2) is 4.90. The molecule has 9 atom stereocenters. The van der Waals surface area contributed by atoms with E-state index < -0.39 is 47.3 Å². The normalized spacial score (nSPS) is 57.2. The van der Waals surface area contributed by atoms with Crippen molar-refractivity contribution < 1.29 is 29.6 Å². The molecule has 2 spiro atoms. The highest BCUT2D eigenvalue weighted by atomic mass is 16.6. The van der Waals surface area contributed by atoms with E-state index in [0.29, 0.717) is 24.8 Å². The van der Waals surface area contributed by atoms with Crippen molar-refractivity contribution in [1.82, 2.24) is 0 Å². The Labute approximate surface area is 153 Å². The van der Waals surface area contributed by atoms with Crippen LogP contribution in [0.15, 0.2) is 12.2 Å². The van der Waals surface area contributed by atoms with Crippen LogP contribution in [-0.4, -0.2) is 52.5 Å². The molecule has 6 nitrogen and oxygen atoms in total. The van der Waals surface area contributed by atoms with Gasteiger partial charge in [-0.05, 0) is 42.6 Å². The Morgan fingerprint density at radius 2 is 1.92 bits per heavy atom. The van der Waals surface area contributed by atoms with Crippen LogP contribution in [0.1, 0.15) is 39.5 Å². The third-order valence-electron chi connectivity index (χ3n) is 8.48. The molecule has 0 aromatic rings. The largest absolute Gasteiger partial charge is 0.461 e. The fraction of sp³-hybridized carbons (Fsp3) is 0.850. The molecule has 5 fully saturated rings. The maximum Gasteiger partial charge on any atom is 0.315 e. The first-order chi connectivity index (χ1) is 12.2. The number of hydrogen-bond donors (Lipinski definition) is 3. The van der Waals surface area contributed by atoms with Crippen LogP contribution in [-0.2, 0) is 14.3 Å². The number of esters is 1. The summed E-state index contributed by atoms with van der Waals surface area (Å²) in [5.41, 5.74) is -1.43. The molecule has 0 amide bonds. The average Bonchev–Trinajstić information content (AvgIpc) is 3.01. The highest BCUT2D eigenvalue weighted by Gasteiger charge is 2.78. The number of ether oxygens (including phenoxy) is 2. The van der Waals surface area contributed by atoms with Crippen LogP contribution in [0.2, 0.25) is 0 Å². The highest BCUT2D eigenvalue weighted by molar-refractivity contribution is 5.82. The molecular weight excluding hydrogens is 336 g/mol. The lowest BCUT2D eigenvalue weighted by molar-refractivity contribution is -0.264. The van der Waals surface area contributed by atoms with Gasteiger partial charge in [0, 0.05) is 17.3 Å². The van der Waals surface area contributed by atoms with Gasteiger partial charge < -0.3 is 24.8 Å². The van der Waals surface area contributed by atoms with E-state index in [0.717, 1.165) is 6.42 Å². The van der Waals surface area contributed by atoms with Gasteiger partial charge in [0.2, 0.25) is 0 Å². The second-order valence-electron chi connectivity index (χ2n) is 9.91. The van der Waals surface area contributed by atoms with Crippen LogP contribution >= 0.6 is 0 Å². The van der Waals surface area contributed by atoms with Gasteiger partial charge in [0.25, 0.3) is 0 Å². The van der Waals surface area contributed by atoms with Gasteiger partial charge in [0.15, 0.2) is 6.29 Å². The fourth-order valence-corrected chi connectivity index (χ4v) is 7.57. The third kappa shape index (κ3) is 1.66. The lowest BCUT2D eigenvalue weighted by Crippen LogP contribution is -2.71. The van der Waals surface area contributed by atoms with Gasteiger partial charge in [0.1, 0.15) is 11.5 Å². The number of fused-ring (bicyclic) bond motifs is 1. The van der Waals surface area contributed by atoms with E-state index in [1.807, 2.05) is 0 Å². The molecule has 3 aliphatic carbocycles. The van der Waals surface area contributed by atoms with Crippen molar-refractivity contribution in [2.45, 2.75) is 64.1 Å². The molecule has 3 saturated carbocycles. The van der Waals surface area contributed by atoms with Crippen LogP contribution in [0, 0.1) is 34.0 Å². The van der Waals surface area contributed by atoms with E-state index in [1.165, 1.54) is 0 Å². The highest BCUT2D eigenvalue weighted by Crippen LogP contribution is 2.71. The smallest absolute Gasteiger partial charge is 0.315 e. The quantitative estimate of drug-likeness (QED) is 0.438. The average molecular weight is 364 g/mol. The summed E-state index contributed by atoms with van der Waals surface area (Å²) in [6, 6.07) is 0. The van der Waals surface area contributed by atoms with Crippen LogP contribution in [0.4, 0.5) is 0 Å². The summed E-state index contributed by atoms with van der Waals surface area (Å²) in [6.07, 6.45) is -0.652. The van der Waals surface area contributed by atoms with E-state index in [4.69, 9.17) is 9.47 Å². The van der Waals surface area contributed by atoms with Crippen molar-refractivity contribution in [2.24, 2.45) is 34.0 Å². The Morgan fingerprint density at radius 3 is 2.65 bits per heavy atom. The third-order valence-corrected chi connectivity index (χ3v) is 8.48. The minimum atomic E-state index is -1.17. The molecule has 5 aliphatic rings. The standard InChI is InChI=1S/C20H28O6/c1-9-10-6-11(21)13-19(7-10,15(9)22)17(24)26-12-4-5-18(2,3)14-16(23)25-8-20(12,13)14/h10-16,21-23H,1,4-8H2,2-3H3/t10-,11+,12+,13-,14-,15-,16-,19+,20+/m1/s1. The molecule has 3 N–H and O–H groups in total. The van der Waals surface area contributed by atoms with Gasteiger partial charge in [-0.2, -0.15) is 0 Å². The van der Waals surface area contributed by atoms with Gasteiger partial charge in [-0.15, -0.1) is 0 Å². The predicted octanol–water partition coefficient (Wildman–Crippen LogP) is 0.987. The zero-order valence-electron chi connectivity index (χ0n) is 15.4. The summed E-state index contributed by atoms with van der Waals surface area (Å²) in [5.74, 6) is -1.23. The number of carbonyl (C=O) groups is 1. The van der Waals surface area contributed by atoms with E-state index in [2.05, 4.69) is 20.4 Å².